The maximum absolute atomic E-state index is 12.5. The highest BCUT2D eigenvalue weighted by atomic mass is 16.5. The van der Waals surface area contributed by atoms with Gasteiger partial charge in [-0.3, -0.25) is 14.9 Å². The number of piperidine rings is 1. The topological polar surface area (TPSA) is 88.9 Å². The molecule has 4 aliphatic carbocycles. The van der Waals surface area contributed by atoms with Crippen LogP contribution in [0.3, 0.4) is 0 Å². The number of quaternary nitrogens is 1. The number of amides is 3. The number of nitrogens with one attached hydrogen (secondary N) is 3. The van der Waals surface area contributed by atoms with E-state index in [9.17, 15) is 14.4 Å². The summed E-state index contributed by atoms with van der Waals surface area (Å²) in [5.41, 5.74) is -0.0794. The van der Waals surface area contributed by atoms with E-state index in [2.05, 4.69) is 10.6 Å². The van der Waals surface area contributed by atoms with Crippen LogP contribution in [0.2, 0.25) is 0 Å². The molecule has 7 heteroatoms. The van der Waals surface area contributed by atoms with Crippen LogP contribution in [0.5, 0.6) is 0 Å². The molecule has 4 bridgehead atoms. The summed E-state index contributed by atoms with van der Waals surface area (Å²) in [4.78, 5) is 37.8. The Balaban J connectivity index is 1.20. The predicted octanol–water partition coefficient (Wildman–Crippen LogP) is 0.639. The largest absolute Gasteiger partial charge is 0.466 e. The molecule has 0 aromatic carbocycles. The van der Waals surface area contributed by atoms with E-state index in [-0.39, 0.29) is 35.9 Å². The van der Waals surface area contributed by atoms with Gasteiger partial charge in [0.25, 0.3) is 5.91 Å². The first-order chi connectivity index (χ1) is 13.4. The van der Waals surface area contributed by atoms with Gasteiger partial charge in [-0.05, 0) is 63.2 Å². The molecule has 4 saturated carbocycles. The second kappa shape index (κ2) is 8.01. The van der Waals surface area contributed by atoms with Gasteiger partial charge in [-0.2, -0.15) is 0 Å². The molecule has 156 valence electrons. The van der Waals surface area contributed by atoms with Crippen molar-refractivity contribution in [1.29, 1.82) is 0 Å². The van der Waals surface area contributed by atoms with Crippen molar-refractivity contribution in [3.05, 3.63) is 0 Å². The fourth-order valence-corrected chi connectivity index (χ4v) is 6.63. The molecule has 1 heterocycles. The molecule has 0 radical (unpaired) electrons. The zero-order valence-electron chi connectivity index (χ0n) is 16.9. The second-order valence-corrected chi connectivity index (χ2v) is 9.65. The zero-order valence-corrected chi connectivity index (χ0v) is 16.9. The molecule has 5 fully saturated rings. The lowest BCUT2D eigenvalue weighted by molar-refractivity contribution is -0.897. The number of hydrogen-bond acceptors (Lipinski definition) is 4. The summed E-state index contributed by atoms with van der Waals surface area (Å²) in [6, 6.07) is -0.326. The van der Waals surface area contributed by atoms with Crippen LogP contribution in [0.1, 0.15) is 58.3 Å². The number of urea groups is 1. The van der Waals surface area contributed by atoms with Crippen LogP contribution < -0.4 is 15.5 Å². The third-order valence-electron chi connectivity index (χ3n) is 7.39. The summed E-state index contributed by atoms with van der Waals surface area (Å²) in [5.74, 6) is 1.87. The van der Waals surface area contributed by atoms with E-state index in [0.717, 1.165) is 67.8 Å². The zero-order chi connectivity index (χ0) is 19.7. The number of esters is 1. The van der Waals surface area contributed by atoms with Crippen molar-refractivity contribution in [2.24, 2.45) is 23.7 Å². The van der Waals surface area contributed by atoms with Gasteiger partial charge in [0.15, 0.2) is 6.54 Å². The van der Waals surface area contributed by atoms with E-state index in [1.807, 2.05) is 6.92 Å². The van der Waals surface area contributed by atoms with Crippen molar-refractivity contribution < 1.29 is 24.0 Å². The SMILES string of the molecule is CCOC(=O)C1CC[NH+](CC(=O)NC(=O)NC23CC4CC(CC(C4)C2)C3)CC1. The lowest BCUT2D eigenvalue weighted by Gasteiger charge is -2.56. The molecule has 3 amide bonds. The van der Waals surface area contributed by atoms with Crippen molar-refractivity contribution in [1.82, 2.24) is 10.6 Å². The van der Waals surface area contributed by atoms with E-state index >= 15 is 0 Å². The first kappa shape index (κ1) is 19.7. The van der Waals surface area contributed by atoms with Crippen LogP contribution in [-0.2, 0) is 14.3 Å². The summed E-state index contributed by atoms with van der Waals surface area (Å²) in [6.07, 6.45) is 8.68. The van der Waals surface area contributed by atoms with E-state index < -0.39 is 0 Å². The molecule has 0 aromatic rings. The van der Waals surface area contributed by atoms with Gasteiger partial charge >= 0.3 is 12.0 Å². The van der Waals surface area contributed by atoms with Crippen LogP contribution in [0.15, 0.2) is 0 Å². The highest BCUT2D eigenvalue weighted by Gasteiger charge is 2.51. The Morgan fingerprint density at radius 2 is 1.57 bits per heavy atom. The van der Waals surface area contributed by atoms with E-state index in [1.165, 1.54) is 19.3 Å². The van der Waals surface area contributed by atoms with Crippen LogP contribution >= 0.6 is 0 Å². The molecule has 0 spiro atoms. The van der Waals surface area contributed by atoms with Gasteiger partial charge in [0, 0.05) is 18.4 Å². The van der Waals surface area contributed by atoms with Crippen LogP contribution in [-0.4, -0.2) is 49.7 Å². The number of imide groups is 1. The molecule has 1 aliphatic heterocycles. The summed E-state index contributed by atoms with van der Waals surface area (Å²) >= 11 is 0. The van der Waals surface area contributed by atoms with Gasteiger partial charge in [0.2, 0.25) is 0 Å². The van der Waals surface area contributed by atoms with Crippen molar-refractivity contribution >= 4 is 17.9 Å². The third kappa shape index (κ3) is 4.34. The maximum atomic E-state index is 12.5. The van der Waals surface area contributed by atoms with Gasteiger partial charge in [-0.15, -0.1) is 0 Å². The molecule has 5 aliphatic rings. The average molecular weight is 393 g/mol. The summed E-state index contributed by atoms with van der Waals surface area (Å²) in [6.45, 7) is 4.02. The van der Waals surface area contributed by atoms with Crippen LogP contribution in [0.25, 0.3) is 0 Å². The Labute approximate surface area is 166 Å². The molecule has 0 atom stereocenters. The van der Waals surface area contributed by atoms with Crippen LogP contribution in [0, 0.1) is 23.7 Å². The minimum absolute atomic E-state index is 0.0499. The highest BCUT2D eigenvalue weighted by Crippen LogP contribution is 2.55. The van der Waals surface area contributed by atoms with E-state index in [1.54, 1.807) is 0 Å². The lowest BCUT2D eigenvalue weighted by Crippen LogP contribution is -3.14. The lowest BCUT2D eigenvalue weighted by atomic mass is 9.53. The Morgan fingerprint density at radius 1 is 1.00 bits per heavy atom. The average Bonchev–Trinajstić information content (AvgIpc) is 2.60. The summed E-state index contributed by atoms with van der Waals surface area (Å²) in [7, 11) is 0. The predicted molar refractivity (Wildman–Crippen MR) is 102 cm³/mol. The molecular formula is C21H34N3O4+. The van der Waals surface area contributed by atoms with Crippen molar-refractivity contribution in [2.75, 3.05) is 26.2 Å². The van der Waals surface area contributed by atoms with Gasteiger partial charge in [0.1, 0.15) is 0 Å². The molecule has 28 heavy (non-hydrogen) atoms. The number of hydrogen-bond donors (Lipinski definition) is 3. The number of rotatable bonds is 5. The molecule has 1 saturated heterocycles. The Kier molecular flexibility index (Phi) is 5.63. The minimum atomic E-state index is -0.326. The third-order valence-corrected chi connectivity index (χ3v) is 7.39. The monoisotopic (exact) mass is 392 g/mol. The molecule has 0 aromatic heterocycles. The fourth-order valence-electron chi connectivity index (χ4n) is 6.63. The van der Waals surface area contributed by atoms with Crippen molar-refractivity contribution in [3.63, 3.8) is 0 Å². The first-order valence-corrected chi connectivity index (χ1v) is 11.1. The summed E-state index contributed by atoms with van der Waals surface area (Å²) in [5, 5.41) is 5.74. The first-order valence-electron chi connectivity index (χ1n) is 11.1. The number of carbonyl (C=O) groups excluding carboxylic acids is 3. The van der Waals surface area contributed by atoms with E-state index in [0.29, 0.717) is 6.61 Å². The van der Waals surface area contributed by atoms with Gasteiger partial charge in [-0.1, -0.05) is 0 Å². The van der Waals surface area contributed by atoms with Gasteiger partial charge in [-0.25, -0.2) is 4.79 Å². The highest BCUT2D eigenvalue weighted by molar-refractivity contribution is 5.95. The van der Waals surface area contributed by atoms with Gasteiger partial charge in [0.05, 0.1) is 25.6 Å². The minimum Gasteiger partial charge on any atom is -0.466 e. The van der Waals surface area contributed by atoms with E-state index in [4.69, 9.17) is 4.74 Å². The van der Waals surface area contributed by atoms with Crippen molar-refractivity contribution in [2.45, 2.75) is 63.8 Å². The van der Waals surface area contributed by atoms with Crippen LogP contribution in [0.4, 0.5) is 4.79 Å². The van der Waals surface area contributed by atoms with Gasteiger partial charge < -0.3 is 15.0 Å². The molecular weight excluding hydrogens is 358 g/mol. The summed E-state index contributed by atoms with van der Waals surface area (Å²) < 4.78 is 5.09. The number of carbonyl (C=O) groups is 3. The number of likely N-dealkylation sites (tertiary alicyclic amines) is 1. The molecule has 3 N–H and O–H groups in total. The van der Waals surface area contributed by atoms with Crippen molar-refractivity contribution in [3.8, 4) is 0 Å². The molecule has 5 rings (SSSR count). The normalized spacial score (nSPS) is 38.7. The Hall–Kier alpha value is -1.63. The smallest absolute Gasteiger partial charge is 0.322 e. The molecule has 7 nitrogen and oxygen atoms in total. The molecule has 0 unspecified atom stereocenters. The Bertz CT molecular complexity index is 592. The second-order valence-electron chi connectivity index (χ2n) is 9.65. The quantitative estimate of drug-likeness (QED) is 0.599. The number of ether oxygens (including phenoxy) is 1. The Morgan fingerprint density at radius 3 is 2.11 bits per heavy atom. The standard InChI is InChI=1S/C21H33N3O4/c1-2-28-19(26)17-3-5-24(6-4-17)13-18(25)22-20(27)23-21-10-14-7-15(11-21)9-16(8-14)12-21/h14-17H,2-13H2,1H3,(H2,22,23,25,27)/p+1. The maximum Gasteiger partial charge on any atom is 0.322 e. The fraction of sp³-hybridized carbons (Fsp3) is 0.857.